The maximum absolute atomic E-state index is 13.3. The second-order valence-corrected chi connectivity index (χ2v) is 4.47. The predicted octanol–water partition coefficient (Wildman–Crippen LogP) is 0.615. The van der Waals surface area contributed by atoms with Gasteiger partial charge in [-0.25, -0.2) is 9.37 Å². The van der Waals surface area contributed by atoms with Crippen LogP contribution in [-0.2, 0) is 4.79 Å². The van der Waals surface area contributed by atoms with Crippen LogP contribution in [0, 0.1) is 5.82 Å². The number of carbonyl (C=O) groups excluding carboxylic acids is 2. The average Bonchev–Trinajstić information content (AvgIpc) is 2.65. The molecule has 108 valence electrons. The molecule has 20 heavy (non-hydrogen) atoms. The third-order valence-corrected chi connectivity index (χ3v) is 3.03. The maximum Gasteiger partial charge on any atom is 0.257 e. The molecular formula is C13H17FN4O2. The molecule has 1 saturated heterocycles. The van der Waals surface area contributed by atoms with Crippen LogP contribution in [0.1, 0.15) is 23.7 Å². The molecule has 0 unspecified atom stereocenters. The summed E-state index contributed by atoms with van der Waals surface area (Å²) in [5.74, 6) is -0.588. The van der Waals surface area contributed by atoms with Gasteiger partial charge in [0, 0.05) is 32.6 Å². The number of hydrogen-bond acceptors (Lipinski definition) is 4. The summed E-state index contributed by atoms with van der Waals surface area (Å²) in [7, 11) is 0. The summed E-state index contributed by atoms with van der Waals surface area (Å²) in [6, 6.07) is 1.17. The number of rotatable bonds is 3. The lowest BCUT2D eigenvalue weighted by atomic mass is 10.2. The summed E-state index contributed by atoms with van der Waals surface area (Å²) in [6.45, 7) is 3.59. The molecule has 7 heteroatoms. The van der Waals surface area contributed by atoms with Gasteiger partial charge in [-0.15, -0.1) is 0 Å². The van der Waals surface area contributed by atoms with Crippen molar-refractivity contribution in [3.63, 3.8) is 0 Å². The normalized spacial score (nSPS) is 15.5. The molecule has 0 atom stereocenters. The number of aromatic nitrogens is 1. The summed E-state index contributed by atoms with van der Waals surface area (Å²) in [5.41, 5.74) is 0.196. The first-order valence-corrected chi connectivity index (χ1v) is 6.57. The minimum absolute atomic E-state index is 0.0791. The largest absolute Gasteiger partial charge is 0.370 e. The zero-order valence-electron chi connectivity index (χ0n) is 11.3. The van der Waals surface area contributed by atoms with Gasteiger partial charge in [0.1, 0.15) is 11.6 Å². The summed E-state index contributed by atoms with van der Waals surface area (Å²) in [5, 5.41) is 5.63. The first-order valence-electron chi connectivity index (χ1n) is 6.57. The number of anilines is 1. The Morgan fingerprint density at radius 1 is 1.55 bits per heavy atom. The van der Waals surface area contributed by atoms with E-state index in [0.29, 0.717) is 32.0 Å². The molecular weight excluding hydrogens is 263 g/mol. The van der Waals surface area contributed by atoms with Gasteiger partial charge in [0.15, 0.2) is 0 Å². The van der Waals surface area contributed by atoms with E-state index in [2.05, 4.69) is 15.6 Å². The zero-order valence-corrected chi connectivity index (χ0v) is 11.3. The Morgan fingerprint density at radius 2 is 2.35 bits per heavy atom. The van der Waals surface area contributed by atoms with Crippen molar-refractivity contribution in [2.24, 2.45) is 0 Å². The molecule has 0 radical (unpaired) electrons. The Bertz CT molecular complexity index is 521. The second-order valence-electron chi connectivity index (χ2n) is 4.47. The summed E-state index contributed by atoms with van der Waals surface area (Å²) < 4.78 is 13.3. The van der Waals surface area contributed by atoms with Crippen LogP contribution in [0.25, 0.3) is 0 Å². The number of nitrogens with zero attached hydrogens (tertiary/aromatic N) is 2. The highest BCUT2D eigenvalue weighted by Crippen LogP contribution is 2.16. The predicted molar refractivity (Wildman–Crippen MR) is 71.9 cm³/mol. The Hall–Kier alpha value is -2.18. The van der Waals surface area contributed by atoms with Crippen molar-refractivity contribution in [1.82, 2.24) is 15.2 Å². The Labute approximate surface area is 116 Å². The topological polar surface area (TPSA) is 74.3 Å². The van der Waals surface area contributed by atoms with Gasteiger partial charge in [0.25, 0.3) is 5.91 Å². The van der Waals surface area contributed by atoms with E-state index in [0.717, 1.165) is 6.20 Å². The van der Waals surface area contributed by atoms with Crippen LogP contribution in [0.4, 0.5) is 10.2 Å². The van der Waals surface area contributed by atoms with Crippen molar-refractivity contribution in [3.05, 3.63) is 23.6 Å². The SMILES string of the molecule is CCNc1ncc(F)cc1C(=O)N1CCNC(=O)CC1. The number of nitrogens with one attached hydrogen (secondary N) is 2. The van der Waals surface area contributed by atoms with Crippen LogP contribution >= 0.6 is 0 Å². The Balaban J connectivity index is 2.23. The lowest BCUT2D eigenvalue weighted by Gasteiger charge is -2.20. The number of amides is 2. The van der Waals surface area contributed by atoms with Crippen LogP contribution < -0.4 is 10.6 Å². The van der Waals surface area contributed by atoms with Crippen LogP contribution in [0.5, 0.6) is 0 Å². The van der Waals surface area contributed by atoms with E-state index in [9.17, 15) is 14.0 Å². The number of carbonyl (C=O) groups is 2. The fourth-order valence-electron chi connectivity index (χ4n) is 2.05. The highest BCUT2D eigenvalue weighted by atomic mass is 19.1. The maximum atomic E-state index is 13.3. The van der Waals surface area contributed by atoms with E-state index in [4.69, 9.17) is 0 Å². The molecule has 0 aliphatic carbocycles. The van der Waals surface area contributed by atoms with Crippen LogP contribution in [0.2, 0.25) is 0 Å². The van der Waals surface area contributed by atoms with Crippen LogP contribution in [0.15, 0.2) is 12.3 Å². The van der Waals surface area contributed by atoms with E-state index in [1.807, 2.05) is 6.92 Å². The van der Waals surface area contributed by atoms with Crippen molar-refractivity contribution in [3.8, 4) is 0 Å². The molecule has 0 spiro atoms. The van der Waals surface area contributed by atoms with Crippen LogP contribution in [0.3, 0.4) is 0 Å². The number of halogens is 1. The molecule has 6 nitrogen and oxygen atoms in total. The van der Waals surface area contributed by atoms with E-state index in [-0.39, 0.29) is 23.8 Å². The van der Waals surface area contributed by atoms with E-state index < -0.39 is 5.82 Å². The average molecular weight is 280 g/mol. The Kier molecular flexibility index (Phi) is 4.49. The van der Waals surface area contributed by atoms with Crippen molar-refractivity contribution < 1.29 is 14.0 Å². The van der Waals surface area contributed by atoms with Gasteiger partial charge < -0.3 is 15.5 Å². The molecule has 1 aliphatic heterocycles. The second kappa shape index (κ2) is 6.31. The van der Waals surface area contributed by atoms with Gasteiger partial charge in [-0.3, -0.25) is 9.59 Å². The fourth-order valence-corrected chi connectivity index (χ4v) is 2.05. The fraction of sp³-hybridized carbons (Fsp3) is 0.462. The smallest absolute Gasteiger partial charge is 0.257 e. The van der Waals surface area contributed by atoms with E-state index >= 15 is 0 Å². The molecule has 0 bridgehead atoms. The molecule has 2 amide bonds. The zero-order chi connectivity index (χ0) is 14.5. The lowest BCUT2D eigenvalue weighted by molar-refractivity contribution is -0.120. The molecule has 2 N–H and O–H groups in total. The number of hydrogen-bond donors (Lipinski definition) is 2. The van der Waals surface area contributed by atoms with Gasteiger partial charge in [-0.05, 0) is 13.0 Å². The first kappa shape index (κ1) is 14.2. The third kappa shape index (κ3) is 3.23. The standard InChI is InChI=1S/C13H17FN4O2/c1-2-15-12-10(7-9(14)8-17-12)13(20)18-5-3-11(19)16-4-6-18/h7-8H,2-6H2,1H3,(H,15,17)(H,16,19). The minimum Gasteiger partial charge on any atom is -0.370 e. The lowest BCUT2D eigenvalue weighted by Crippen LogP contribution is -2.34. The molecule has 2 rings (SSSR count). The molecule has 1 aliphatic rings. The van der Waals surface area contributed by atoms with Crippen molar-refractivity contribution >= 4 is 17.6 Å². The minimum atomic E-state index is -0.556. The van der Waals surface area contributed by atoms with E-state index in [1.165, 1.54) is 11.0 Å². The molecule has 2 heterocycles. The molecule has 0 saturated carbocycles. The monoisotopic (exact) mass is 280 g/mol. The van der Waals surface area contributed by atoms with Crippen molar-refractivity contribution in [1.29, 1.82) is 0 Å². The molecule has 1 aromatic rings. The summed E-state index contributed by atoms with van der Waals surface area (Å²) in [6.07, 6.45) is 1.33. The van der Waals surface area contributed by atoms with E-state index in [1.54, 1.807) is 0 Å². The first-order chi connectivity index (χ1) is 9.61. The highest BCUT2D eigenvalue weighted by molar-refractivity contribution is 5.99. The van der Waals surface area contributed by atoms with Crippen LogP contribution in [-0.4, -0.2) is 47.9 Å². The molecule has 0 aromatic carbocycles. The highest BCUT2D eigenvalue weighted by Gasteiger charge is 2.23. The Morgan fingerprint density at radius 3 is 3.10 bits per heavy atom. The van der Waals surface area contributed by atoms with Gasteiger partial charge in [-0.2, -0.15) is 0 Å². The molecule has 1 aromatic heterocycles. The van der Waals surface area contributed by atoms with Gasteiger partial charge >= 0.3 is 0 Å². The van der Waals surface area contributed by atoms with Crippen molar-refractivity contribution in [2.45, 2.75) is 13.3 Å². The summed E-state index contributed by atoms with van der Waals surface area (Å²) in [4.78, 5) is 29.2. The quantitative estimate of drug-likeness (QED) is 0.851. The molecule has 1 fully saturated rings. The van der Waals surface area contributed by atoms with Gasteiger partial charge in [-0.1, -0.05) is 0 Å². The number of pyridine rings is 1. The van der Waals surface area contributed by atoms with Crippen molar-refractivity contribution in [2.75, 3.05) is 31.5 Å². The third-order valence-electron chi connectivity index (χ3n) is 3.03. The van der Waals surface area contributed by atoms with Gasteiger partial charge in [0.2, 0.25) is 5.91 Å². The van der Waals surface area contributed by atoms with Gasteiger partial charge in [0.05, 0.1) is 11.8 Å². The summed E-state index contributed by atoms with van der Waals surface area (Å²) >= 11 is 0.